The van der Waals surface area contributed by atoms with Gasteiger partial charge in [-0.3, -0.25) is 9.69 Å². The summed E-state index contributed by atoms with van der Waals surface area (Å²) in [4.78, 5) is 25.2. The van der Waals surface area contributed by atoms with Crippen LogP contribution < -0.4 is 5.32 Å². The Kier molecular flexibility index (Phi) is 5.41. The summed E-state index contributed by atoms with van der Waals surface area (Å²) in [5, 5.41) is 9.48. The molecule has 1 unspecified atom stereocenters. The number of carbonyl (C=O) groups is 1. The van der Waals surface area contributed by atoms with Crippen LogP contribution in [0.3, 0.4) is 0 Å². The van der Waals surface area contributed by atoms with Gasteiger partial charge in [-0.05, 0) is 63.2 Å². The predicted octanol–water partition coefficient (Wildman–Crippen LogP) is 3.01. The smallest absolute Gasteiger partial charge is 0.291 e. The van der Waals surface area contributed by atoms with E-state index in [-0.39, 0.29) is 17.8 Å². The van der Waals surface area contributed by atoms with Gasteiger partial charge >= 0.3 is 0 Å². The lowest BCUT2D eigenvalue weighted by Crippen LogP contribution is -2.41. The number of carbonyl (C=O) groups excluding carboxylic acids is 1. The normalized spacial score (nSPS) is 17.1. The summed E-state index contributed by atoms with van der Waals surface area (Å²) in [5.74, 6) is 1.14. The van der Waals surface area contributed by atoms with Gasteiger partial charge in [0, 0.05) is 22.8 Å². The van der Waals surface area contributed by atoms with E-state index in [1.54, 1.807) is 15.9 Å². The van der Waals surface area contributed by atoms with Gasteiger partial charge in [0.05, 0.1) is 6.04 Å². The number of aromatic nitrogens is 4. The molecular weight excluding hydrogens is 372 g/mol. The summed E-state index contributed by atoms with van der Waals surface area (Å²) in [6, 6.07) is 6.34. The first-order valence-electron chi connectivity index (χ1n) is 9.78. The molecule has 28 heavy (non-hydrogen) atoms. The van der Waals surface area contributed by atoms with Gasteiger partial charge in [-0.25, -0.2) is 9.50 Å². The minimum Gasteiger partial charge on any atom is -0.347 e. The van der Waals surface area contributed by atoms with Crippen LogP contribution in [0.1, 0.15) is 52.7 Å². The molecule has 0 aromatic carbocycles. The molecule has 1 aliphatic heterocycles. The number of amides is 1. The van der Waals surface area contributed by atoms with E-state index < -0.39 is 0 Å². The highest BCUT2D eigenvalue weighted by atomic mass is 32.1. The van der Waals surface area contributed by atoms with Crippen molar-refractivity contribution >= 4 is 23.0 Å². The molecule has 148 valence electrons. The molecule has 1 amide bonds. The Morgan fingerprint density at radius 2 is 2.11 bits per heavy atom. The van der Waals surface area contributed by atoms with E-state index >= 15 is 0 Å². The summed E-state index contributed by atoms with van der Waals surface area (Å²) in [6.07, 6.45) is 2.40. The van der Waals surface area contributed by atoms with Gasteiger partial charge in [-0.15, -0.1) is 16.4 Å². The first-order valence-corrected chi connectivity index (χ1v) is 10.7. The van der Waals surface area contributed by atoms with Crippen molar-refractivity contribution in [2.24, 2.45) is 5.92 Å². The molecule has 0 spiro atoms. The molecule has 1 atom stereocenters. The number of piperidine rings is 1. The standard InChI is InChI=1S/C20H26N6OS/c1-13-6-8-25(9-7-13)16(17-5-4-10-28-17)12-21-19(27)18-23-20-22-14(2)11-15(3)26(20)24-18/h4-5,10-11,13,16H,6-9,12H2,1-3H3,(H,21,27). The molecule has 0 saturated carbocycles. The van der Waals surface area contributed by atoms with Crippen molar-refractivity contribution in [3.8, 4) is 0 Å². The minimum atomic E-state index is -0.255. The number of rotatable bonds is 5. The van der Waals surface area contributed by atoms with Gasteiger partial charge in [0.2, 0.25) is 5.82 Å². The minimum absolute atomic E-state index is 0.165. The van der Waals surface area contributed by atoms with E-state index in [1.165, 1.54) is 17.7 Å². The van der Waals surface area contributed by atoms with Crippen LogP contribution in [0.15, 0.2) is 23.6 Å². The third kappa shape index (κ3) is 3.93. The van der Waals surface area contributed by atoms with Crippen molar-refractivity contribution in [3.05, 3.63) is 45.7 Å². The third-order valence-corrected chi connectivity index (χ3v) is 6.38. The molecule has 3 aromatic rings. The molecule has 1 fully saturated rings. The van der Waals surface area contributed by atoms with Crippen molar-refractivity contribution in [2.75, 3.05) is 19.6 Å². The Morgan fingerprint density at radius 1 is 1.32 bits per heavy atom. The monoisotopic (exact) mass is 398 g/mol. The Morgan fingerprint density at radius 3 is 2.82 bits per heavy atom. The number of nitrogens with zero attached hydrogens (tertiary/aromatic N) is 5. The average molecular weight is 399 g/mol. The molecule has 8 heteroatoms. The number of likely N-dealkylation sites (tertiary alicyclic amines) is 1. The van der Waals surface area contributed by atoms with Crippen LogP contribution in [0.4, 0.5) is 0 Å². The topological polar surface area (TPSA) is 75.4 Å². The zero-order chi connectivity index (χ0) is 19.7. The van der Waals surface area contributed by atoms with Crippen LogP contribution in [0, 0.1) is 19.8 Å². The van der Waals surface area contributed by atoms with Gasteiger partial charge in [-0.2, -0.15) is 4.98 Å². The van der Waals surface area contributed by atoms with Crippen LogP contribution >= 0.6 is 11.3 Å². The van der Waals surface area contributed by atoms with Crippen LogP contribution in [0.25, 0.3) is 5.78 Å². The summed E-state index contributed by atoms with van der Waals surface area (Å²) in [6.45, 7) is 8.83. The average Bonchev–Trinajstić information content (AvgIpc) is 3.33. The number of thiophene rings is 1. The molecule has 1 N–H and O–H groups in total. The van der Waals surface area contributed by atoms with E-state index in [4.69, 9.17) is 0 Å². The van der Waals surface area contributed by atoms with Gasteiger partial charge in [-0.1, -0.05) is 13.0 Å². The van der Waals surface area contributed by atoms with E-state index in [2.05, 4.69) is 49.7 Å². The Hall–Kier alpha value is -2.32. The van der Waals surface area contributed by atoms with Crippen molar-refractivity contribution in [1.29, 1.82) is 0 Å². The third-order valence-electron chi connectivity index (χ3n) is 5.41. The molecule has 0 bridgehead atoms. The number of hydrogen-bond acceptors (Lipinski definition) is 6. The molecular formula is C20H26N6OS. The van der Waals surface area contributed by atoms with Gasteiger partial charge in [0.15, 0.2) is 0 Å². The first kappa shape index (κ1) is 19.0. The number of aryl methyl sites for hydroxylation is 2. The van der Waals surface area contributed by atoms with E-state index in [9.17, 15) is 4.79 Å². The first-order chi connectivity index (χ1) is 13.5. The van der Waals surface area contributed by atoms with E-state index in [0.717, 1.165) is 30.4 Å². The summed E-state index contributed by atoms with van der Waals surface area (Å²) >= 11 is 1.74. The van der Waals surface area contributed by atoms with Gasteiger partial charge < -0.3 is 5.32 Å². The maximum Gasteiger partial charge on any atom is 0.291 e. The van der Waals surface area contributed by atoms with E-state index in [1.807, 2.05) is 19.9 Å². The Bertz CT molecular complexity index is 959. The molecule has 3 aromatic heterocycles. The van der Waals surface area contributed by atoms with E-state index in [0.29, 0.717) is 12.3 Å². The van der Waals surface area contributed by atoms with Gasteiger partial charge in [0.25, 0.3) is 11.7 Å². The lowest BCUT2D eigenvalue weighted by Gasteiger charge is -2.36. The molecule has 0 radical (unpaired) electrons. The lowest BCUT2D eigenvalue weighted by atomic mass is 9.97. The molecule has 4 rings (SSSR count). The zero-order valence-electron chi connectivity index (χ0n) is 16.6. The SMILES string of the molecule is Cc1cc(C)n2nc(C(=O)NCC(c3cccs3)N3CCC(C)CC3)nc2n1. The van der Waals surface area contributed by atoms with Crippen LogP contribution in [0.2, 0.25) is 0 Å². The molecule has 7 nitrogen and oxygen atoms in total. The summed E-state index contributed by atoms with van der Waals surface area (Å²) in [7, 11) is 0. The highest BCUT2D eigenvalue weighted by molar-refractivity contribution is 7.10. The molecule has 1 aliphatic rings. The second kappa shape index (κ2) is 7.97. The fourth-order valence-corrected chi connectivity index (χ4v) is 4.62. The molecule has 4 heterocycles. The maximum absolute atomic E-state index is 12.7. The second-order valence-corrected chi connectivity index (χ2v) is 8.63. The highest BCUT2D eigenvalue weighted by Crippen LogP contribution is 2.29. The maximum atomic E-state index is 12.7. The lowest BCUT2D eigenvalue weighted by molar-refractivity contribution is 0.0905. The predicted molar refractivity (Wildman–Crippen MR) is 110 cm³/mol. The van der Waals surface area contributed by atoms with Crippen molar-refractivity contribution in [3.63, 3.8) is 0 Å². The van der Waals surface area contributed by atoms with Crippen molar-refractivity contribution < 1.29 is 4.79 Å². The zero-order valence-corrected chi connectivity index (χ0v) is 17.4. The van der Waals surface area contributed by atoms with Crippen LogP contribution in [-0.4, -0.2) is 50.0 Å². The van der Waals surface area contributed by atoms with Crippen LogP contribution in [0.5, 0.6) is 0 Å². The van der Waals surface area contributed by atoms with Crippen molar-refractivity contribution in [1.82, 2.24) is 29.8 Å². The largest absolute Gasteiger partial charge is 0.347 e. The number of fused-ring (bicyclic) bond motifs is 1. The summed E-state index contributed by atoms with van der Waals surface area (Å²) < 4.78 is 1.62. The summed E-state index contributed by atoms with van der Waals surface area (Å²) in [5.41, 5.74) is 1.77. The van der Waals surface area contributed by atoms with Crippen molar-refractivity contribution in [2.45, 2.75) is 39.7 Å². The Labute approximate surface area is 168 Å². The Balaban J connectivity index is 1.49. The number of hydrogen-bond donors (Lipinski definition) is 1. The molecule has 1 saturated heterocycles. The number of nitrogens with one attached hydrogen (secondary N) is 1. The fourth-order valence-electron chi connectivity index (χ4n) is 3.76. The second-order valence-electron chi connectivity index (χ2n) is 7.65. The van der Waals surface area contributed by atoms with Crippen LogP contribution in [-0.2, 0) is 0 Å². The highest BCUT2D eigenvalue weighted by Gasteiger charge is 2.26. The quantitative estimate of drug-likeness (QED) is 0.715. The van der Waals surface area contributed by atoms with Gasteiger partial charge in [0.1, 0.15) is 0 Å². The fraction of sp³-hybridized carbons (Fsp3) is 0.500. The molecule has 0 aliphatic carbocycles.